The predicted molar refractivity (Wildman–Crippen MR) is 130 cm³/mol. The number of nitrogens with one attached hydrogen (secondary N) is 1. The van der Waals surface area contributed by atoms with Gasteiger partial charge in [0.25, 0.3) is 5.91 Å². The van der Waals surface area contributed by atoms with E-state index in [0.29, 0.717) is 34.6 Å². The first-order valence-corrected chi connectivity index (χ1v) is 12.6. The van der Waals surface area contributed by atoms with Gasteiger partial charge in [-0.25, -0.2) is 0 Å². The van der Waals surface area contributed by atoms with E-state index in [1.54, 1.807) is 13.0 Å². The Bertz CT molecular complexity index is 897. The fraction of sp³-hybridized carbons (Fsp3) is 0.714. The first-order chi connectivity index (χ1) is 15.0. The fourth-order valence-corrected chi connectivity index (χ4v) is 7.91. The number of allylic oxidation sites excluding steroid dienone is 4. The van der Waals surface area contributed by atoms with Crippen molar-refractivity contribution in [2.45, 2.75) is 79.2 Å². The molecule has 0 aromatic heterocycles. The van der Waals surface area contributed by atoms with Crippen molar-refractivity contribution in [1.82, 2.24) is 10.2 Å². The maximum absolute atomic E-state index is 13.4. The van der Waals surface area contributed by atoms with Gasteiger partial charge in [-0.2, -0.15) is 0 Å². The Hall–Kier alpha value is -1.68. The van der Waals surface area contributed by atoms with Gasteiger partial charge in [-0.1, -0.05) is 32.1 Å². The Kier molecular flexibility index (Phi) is 6.07. The van der Waals surface area contributed by atoms with Crippen molar-refractivity contribution >= 4 is 11.7 Å². The number of carbonyl (C=O) groups excluding carboxylic acids is 2. The van der Waals surface area contributed by atoms with Gasteiger partial charge in [0, 0.05) is 22.6 Å². The lowest BCUT2D eigenvalue weighted by Gasteiger charge is -2.57. The van der Waals surface area contributed by atoms with E-state index in [-0.39, 0.29) is 17.1 Å². The number of nitrogens with zero attached hydrogens (tertiary/aromatic N) is 1. The maximum atomic E-state index is 13.4. The van der Waals surface area contributed by atoms with Crippen molar-refractivity contribution in [2.24, 2.45) is 34.5 Å². The topological polar surface area (TPSA) is 49.4 Å². The zero-order valence-electron chi connectivity index (χ0n) is 21.1. The minimum Gasteiger partial charge on any atom is -0.319 e. The molecule has 4 rings (SSSR count). The third kappa shape index (κ3) is 3.45. The maximum Gasteiger partial charge on any atom is 0.251 e. The van der Waals surface area contributed by atoms with Gasteiger partial charge in [-0.05, 0) is 102 Å². The summed E-state index contributed by atoms with van der Waals surface area (Å²) in [5.74, 6) is 2.60. The van der Waals surface area contributed by atoms with Gasteiger partial charge in [-0.3, -0.25) is 9.59 Å². The Morgan fingerprint density at radius 3 is 2.56 bits per heavy atom. The highest BCUT2D eigenvalue weighted by Gasteiger charge is 2.59. The summed E-state index contributed by atoms with van der Waals surface area (Å²) in [6.45, 7) is 10.9. The molecule has 0 bridgehead atoms. The lowest BCUT2D eigenvalue weighted by molar-refractivity contribution is -0.121. The largest absolute Gasteiger partial charge is 0.319 e. The van der Waals surface area contributed by atoms with Crippen LogP contribution in [0.15, 0.2) is 35.1 Å². The first kappa shape index (κ1) is 23.5. The number of rotatable bonds is 4. The summed E-state index contributed by atoms with van der Waals surface area (Å²) in [5, 5.41) is 2.87. The van der Waals surface area contributed by atoms with Gasteiger partial charge in [0.1, 0.15) is 0 Å². The number of hydrogen-bond donors (Lipinski definition) is 1. The summed E-state index contributed by atoms with van der Waals surface area (Å²) in [5.41, 5.74) is 2.37. The summed E-state index contributed by atoms with van der Waals surface area (Å²) in [7, 11) is 4.44. The van der Waals surface area contributed by atoms with Crippen LogP contribution < -0.4 is 5.32 Å². The second kappa shape index (κ2) is 8.27. The van der Waals surface area contributed by atoms with Crippen LogP contribution in [0.3, 0.4) is 0 Å². The summed E-state index contributed by atoms with van der Waals surface area (Å²) in [4.78, 5) is 28.2. The molecule has 0 spiro atoms. The van der Waals surface area contributed by atoms with E-state index in [0.717, 1.165) is 30.3 Å². The second-order valence-electron chi connectivity index (χ2n) is 11.7. The zero-order valence-corrected chi connectivity index (χ0v) is 21.1. The smallest absolute Gasteiger partial charge is 0.251 e. The molecule has 2 fully saturated rings. The van der Waals surface area contributed by atoms with E-state index in [9.17, 15) is 9.59 Å². The molecule has 1 N–H and O–H groups in total. The lowest BCUT2D eigenvalue weighted by atomic mass is 9.47. The van der Waals surface area contributed by atoms with E-state index in [1.165, 1.54) is 25.7 Å². The highest BCUT2D eigenvalue weighted by atomic mass is 16.2. The molecular formula is C28H42N2O2. The second-order valence-corrected chi connectivity index (χ2v) is 11.7. The van der Waals surface area contributed by atoms with Crippen LogP contribution in [0.5, 0.6) is 0 Å². The first-order valence-electron chi connectivity index (χ1n) is 12.6. The highest BCUT2D eigenvalue weighted by Crippen LogP contribution is 2.66. The van der Waals surface area contributed by atoms with E-state index in [4.69, 9.17) is 0 Å². The molecule has 0 aromatic rings. The highest BCUT2D eigenvalue weighted by molar-refractivity contribution is 6.13. The number of fused-ring (bicyclic) bond motifs is 5. The van der Waals surface area contributed by atoms with E-state index in [1.807, 2.05) is 13.0 Å². The Morgan fingerprint density at radius 2 is 1.91 bits per heavy atom. The number of hydrogen-bond acceptors (Lipinski definition) is 3. The van der Waals surface area contributed by atoms with Crippen LogP contribution in [0.1, 0.15) is 73.1 Å². The van der Waals surface area contributed by atoms with Crippen LogP contribution in [0.4, 0.5) is 0 Å². The molecule has 4 aliphatic rings. The number of carbonyl (C=O) groups is 2. The third-order valence-corrected chi connectivity index (χ3v) is 10.2. The quantitative estimate of drug-likeness (QED) is 0.608. The molecule has 4 aliphatic carbocycles. The molecule has 0 aliphatic heterocycles. The van der Waals surface area contributed by atoms with Crippen molar-refractivity contribution in [3.8, 4) is 0 Å². The molecule has 176 valence electrons. The average molecular weight is 439 g/mol. The normalized spacial score (nSPS) is 40.1. The van der Waals surface area contributed by atoms with Crippen molar-refractivity contribution < 1.29 is 9.59 Å². The van der Waals surface area contributed by atoms with Crippen molar-refractivity contribution in [1.29, 1.82) is 0 Å². The third-order valence-electron chi connectivity index (χ3n) is 10.2. The molecule has 2 saturated carbocycles. The van der Waals surface area contributed by atoms with Crippen LogP contribution in [0, 0.1) is 34.5 Å². The minimum atomic E-state index is -0.176. The molecule has 4 nitrogen and oxygen atoms in total. The van der Waals surface area contributed by atoms with Gasteiger partial charge in [-0.15, -0.1) is 0 Å². The molecule has 0 aromatic carbocycles. The van der Waals surface area contributed by atoms with Crippen molar-refractivity contribution in [3.05, 3.63) is 35.1 Å². The van der Waals surface area contributed by atoms with E-state index in [2.05, 4.69) is 51.2 Å². The monoisotopic (exact) mass is 438 g/mol. The Balaban J connectivity index is 1.58. The molecule has 0 saturated heterocycles. The van der Waals surface area contributed by atoms with Gasteiger partial charge in [0.05, 0.1) is 5.70 Å². The van der Waals surface area contributed by atoms with Crippen LogP contribution in [0.2, 0.25) is 0 Å². The fourth-order valence-electron chi connectivity index (χ4n) is 7.91. The van der Waals surface area contributed by atoms with Crippen LogP contribution >= 0.6 is 0 Å². The Labute approximate surface area is 194 Å². The van der Waals surface area contributed by atoms with Crippen LogP contribution in [0.25, 0.3) is 0 Å². The van der Waals surface area contributed by atoms with Gasteiger partial charge < -0.3 is 10.2 Å². The molecule has 0 heterocycles. The molecule has 7 atom stereocenters. The summed E-state index contributed by atoms with van der Waals surface area (Å²) >= 11 is 0. The zero-order chi connectivity index (χ0) is 23.4. The molecular weight excluding hydrogens is 396 g/mol. The van der Waals surface area contributed by atoms with E-state index < -0.39 is 0 Å². The van der Waals surface area contributed by atoms with Crippen LogP contribution in [-0.4, -0.2) is 36.7 Å². The van der Waals surface area contributed by atoms with Crippen molar-refractivity contribution in [2.75, 3.05) is 14.1 Å². The summed E-state index contributed by atoms with van der Waals surface area (Å²) in [6.07, 6.45) is 13.0. The minimum absolute atomic E-state index is 0.0355. The van der Waals surface area contributed by atoms with Gasteiger partial charge >= 0.3 is 0 Å². The number of Topliss-reactive ketones (excluding diaryl/α,β-unsaturated/α-hetero) is 1. The molecule has 7 unspecified atom stereocenters. The van der Waals surface area contributed by atoms with Gasteiger partial charge in [0.2, 0.25) is 5.78 Å². The van der Waals surface area contributed by atoms with E-state index >= 15 is 0 Å². The predicted octanol–water partition coefficient (Wildman–Crippen LogP) is 5.27. The van der Waals surface area contributed by atoms with Crippen molar-refractivity contribution in [3.63, 3.8) is 0 Å². The molecule has 32 heavy (non-hydrogen) atoms. The van der Waals surface area contributed by atoms with Gasteiger partial charge in [0.15, 0.2) is 0 Å². The molecule has 0 radical (unpaired) electrons. The summed E-state index contributed by atoms with van der Waals surface area (Å²) < 4.78 is 0. The number of amides is 1. The Morgan fingerprint density at radius 1 is 1.19 bits per heavy atom. The standard InChI is InChI=1S/C28H42N2O2/c1-8-17(2)26(32)29-24-14-16-28(5)22-13-15-27(4)20(18(3)30(6)7)11-12-21(27)19(22)9-10-23(28)25(24)31/h8,10,14,18-22H,9,11-13,15-16H2,1-7H3,(H,29,32). The lowest BCUT2D eigenvalue weighted by Crippen LogP contribution is -2.52. The van der Waals surface area contributed by atoms with Crippen LogP contribution in [-0.2, 0) is 9.59 Å². The number of ketones is 1. The molecule has 1 amide bonds. The molecule has 4 heteroatoms. The summed E-state index contributed by atoms with van der Waals surface area (Å²) in [6, 6.07) is 0.609. The SMILES string of the molecule is CC=C(C)C(=O)NC1=CCC2(C)C(=CCC3C2CCC2(C)C3CCC2C(C)N(C)C)C1=O. The average Bonchev–Trinajstić information content (AvgIpc) is 3.11.